The van der Waals surface area contributed by atoms with Crippen molar-refractivity contribution in [3.8, 4) is 11.6 Å². The van der Waals surface area contributed by atoms with E-state index in [0.717, 1.165) is 11.3 Å². The van der Waals surface area contributed by atoms with Crippen LogP contribution >= 0.6 is 0 Å². The second-order valence-corrected chi connectivity index (χ2v) is 3.82. The Bertz CT molecular complexity index is 530. The molecule has 1 aromatic heterocycles. The molecule has 0 saturated carbocycles. The number of hydrogen-bond acceptors (Lipinski definition) is 6. The van der Waals surface area contributed by atoms with E-state index in [1.165, 1.54) is 0 Å². The van der Waals surface area contributed by atoms with Gasteiger partial charge >= 0.3 is 0 Å². The van der Waals surface area contributed by atoms with E-state index in [2.05, 4.69) is 15.4 Å². The summed E-state index contributed by atoms with van der Waals surface area (Å²) >= 11 is 0. The Morgan fingerprint density at radius 1 is 1.05 bits per heavy atom. The second kappa shape index (κ2) is 6.12. The molecule has 2 rings (SSSR count). The lowest BCUT2D eigenvalue weighted by atomic mass is 10.0. The van der Waals surface area contributed by atoms with Crippen molar-refractivity contribution in [2.75, 3.05) is 14.2 Å². The minimum atomic E-state index is -0.297. The molecule has 1 aromatic carbocycles. The predicted octanol–water partition coefficient (Wildman–Crippen LogP) is 1.05. The SMILES string of the molecule is COc1ccc(C(NN)c2nccnc2OC)cc1. The lowest BCUT2D eigenvalue weighted by molar-refractivity contribution is 0.383. The van der Waals surface area contributed by atoms with Crippen LogP contribution in [0.3, 0.4) is 0 Å². The molecular formula is C13H16N4O2. The number of methoxy groups -OCH3 is 2. The van der Waals surface area contributed by atoms with Crippen LogP contribution in [0, 0.1) is 0 Å². The molecule has 0 fully saturated rings. The third-order valence-electron chi connectivity index (χ3n) is 2.77. The standard InChI is InChI=1S/C13H16N4O2/c1-18-10-5-3-9(4-6-10)11(17-14)12-13(19-2)16-8-7-15-12/h3-8,11,17H,14H2,1-2H3. The number of nitrogens with one attached hydrogen (secondary N) is 1. The summed E-state index contributed by atoms with van der Waals surface area (Å²) in [6, 6.07) is 7.26. The van der Waals surface area contributed by atoms with Crippen molar-refractivity contribution in [2.24, 2.45) is 5.84 Å². The van der Waals surface area contributed by atoms with E-state index in [1.54, 1.807) is 26.6 Å². The molecule has 0 saturated heterocycles. The highest BCUT2D eigenvalue weighted by molar-refractivity contribution is 5.35. The predicted molar refractivity (Wildman–Crippen MR) is 70.7 cm³/mol. The van der Waals surface area contributed by atoms with Gasteiger partial charge in [0.2, 0.25) is 5.88 Å². The summed E-state index contributed by atoms with van der Waals surface area (Å²) in [5.74, 6) is 6.85. The summed E-state index contributed by atoms with van der Waals surface area (Å²) in [4.78, 5) is 8.40. The van der Waals surface area contributed by atoms with Gasteiger partial charge in [0.1, 0.15) is 11.4 Å². The quantitative estimate of drug-likeness (QED) is 0.617. The molecule has 0 bridgehead atoms. The van der Waals surface area contributed by atoms with Crippen molar-refractivity contribution in [1.29, 1.82) is 0 Å². The Morgan fingerprint density at radius 3 is 2.32 bits per heavy atom. The number of aromatic nitrogens is 2. The minimum Gasteiger partial charge on any atom is -0.497 e. The largest absolute Gasteiger partial charge is 0.497 e. The topological polar surface area (TPSA) is 82.3 Å². The zero-order valence-electron chi connectivity index (χ0n) is 10.8. The van der Waals surface area contributed by atoms with Crippen molar-refractivity contribution in [3.63, 3.8) is 0 Å². The minimum absolute atomic E-state index is 0.297. The fraction of sp³-hybridized carbons (Fsp3) is 0.231. The molecule has 3 N–H and O–H groups in total. The molecule has 6 heteroatoms. The maximum absolute atomic E-state index is 5.63. The summed E-state index contributed by atoms with van der Waals surface area (Å²) in [5.41, 5.74) is 4.31. The normalized spacial score (nSPS) is 11.9. The number of hydrogen-bond donors (Lipinski definition) is 2. The van der Waals surface area contributed by atoms with Gasteiger partial charge < -0.3 is 9.47 Å². The van der Waals surface area contributed by atoms with Gasteiger partial charge in [-0.05, 0) is 17.7 Å². The molecular weight excluding hydrogens is 244 g/mol. The van der Waals surface area contributed by atoms with E-state index in [4.69, 9.17) is 15.3 Å². The van der Waals surface area contributed by atoms with Crippen LogP contribution in [0.15, 0.2) is 36.7 Å². The molecule has 0 aliphatic rings. The van der Waals surface area contributed by atoms with Crippen molar-refractivity contribution in [1.82, 2.24) is 15.4 Å². The smallest absolute Gasteiger partial charge is 0.237 e. The average molecular weight is 260 g/mol. The number of benzene rings is 1. The van der Waals surface area contributed by atoms with Gasteiger partial charge in [0.15, 0.2) is 0 Å². The number of nitrogens with two attached hydrogens (primary N) is 1. The van der Waals surface area contributed by atoms with Gasteiger partial charge in [-0.25, -0.2) is 10.4 Å². The third-order valence-corrected chi connectivity index (χ3v) is 2.77. The Labute approximate surface area is 111 Å². The van der Waals surface area contributed by atoms with E-state index in [9.17, 15) is 0 Å². The number of rotatable bonds is 5. The van der Waals surface area contributed by atoms with Crippen LogP contribution in [0.4, 0.5) is 0 Å². The van der Waals surface area contributed by atoms with Crippen molar-refractivity contribution in [3.05, 3.63) is 47.9 Å². The van der Waals surface area contributed by atoms with E-state index in [0.29, 0.717) is 11.6 Å². The zero-order chi connectivity index (χ0) is 13.7. The summed E-state index contributed by atoms with van der Waals surface area (Å²) in [6.07, 6.45) is 3.18. The Hall–Kier alpha value is -2.18. The highest BCUT2D eigenvalue weighted by Gasteiger charge is 2.19. The first-order valence-corrected chi connectivity index (χ1v) is 5.75. The van der Waals surface area contributed by atoms with Crippen molar-refractivity contribution >= 4 is 0 Å². The Balaban J connectivity index is 2.37. The van der Waals surface area contributed by atoms with Crippen LogP contribution in [-0.2, 0) is 0 Å². The third kappa shape index (κ3) is 2.81. The van der Waals surface area contributed by atoms with Crippen LogP contribution in [0.5, 0.6) is 11.6 Å². The fourth-order valence-corrected chi connectivity index (χ4v) is 1.82. The van der Waals surface area contributed by atoms with Gasteiger partial charge in [-0.3, -0.25) is 10.8 Å². The highest BCUT2D eigenvalue weighted by Crippen LogP contribution is 2.26. The van der Waals surface area contributed by atoms with Crippen LogP contribution in [-0.4, -0.2) is 24.2 Å². The van der Waals surface area contributed by atoms with Gasteiger partial charge in [-0.1, -0.05) is 12.1 Å². The molecule has 19 heavy (non-hydrogen) atoms. The average Bonchev–Trinajstić information content (AvgIpc) is 2.49. The zero-order valence-corrected chi connectivity index (χ0v) is 10.8. The second-order valence-electron chi connectivity index (χ2n) is 3.82. The molecule has 0 spiro atoms. The van der Waals surface area contributed by atoms with Crippen molar-refractivity contribution in [2.45, 2.75) is 6.04 Å². The number of nitrogens with zero attached hydrogens (tertiary/aromatic N) is 2. The number of ether oxygens (including phenoxy) is 2. The maximum Gasteiger partial charge on any atom is 0.237 e. The first-order valence-electron chi connectivity index (χ1n) is 5.75. The van der Waals surface area contributed by atoms with Crippen LogP contribution in [0.2, 0.25) is 0 Å². The molecule has 2 aromatic rings. The Morgan fingerprint density at radius 2 is 1.74 bits per heavy atom. The van der Waals surface area contributed by atoms with Gasteiger partial charge in [0.05, 0.1) is 20.3 Å². The van der Waals surface area contributed by atoms with Crippen LogP contribution in [0.1, 0.15) is 17.3 Å². The summed E-state index contributed by atoms with van der Waals surface area (Å²) in [7, 11) is 3.18. The van der Waals surface area contributed by atoms with Gasteiger partial charge in [0, 0.05) is 12.4 Å². The molecule has 1 unspecified atom stereocenters. The van der Waals surface area contributed by atoms with Gasteiger partial charge in [-0.15, -0.1) is 0 Å². The van der Waals surface area contributed by atoms with Crippen LogP contribution in [0.25, 0.3) is 0 Å². The molecule has 1 heterocycles. The fourth-order valence-electron chi connectivity index (χ4n) is 1.82. The molecule has 6 nitrogen and oxygen atoms in total. The Kier molecular flexibility index (Phi) is 4.27. The summed E-state index contributed by atoms with van der Waals surface area (Å²) in [5, 5.41) is 0. The number of hydrazine groups is 1. The van der Waals surface area contributed by atoms with Gasteiger partial charge in [0.25, 0.3) is 0 Å². The maximum atomic E-state index is 5.63. The van der Waals surface area contributed by atoms with E-state index < -0.39 is 0 Å². The molecule has 0 aliphatic carbocycles. The summed E-state index contributed by atoms with van der Waals surface area (Å²) < 4.78 is 10.3. The molecule has 100 valence electrons. The molecule has 0 amide bonds. The monoisotopic (exact) mass is 260 g/mol. The van der Waals surface area contributed by atoms with Crippen molar-refractivity contribution < 1.29 is 9.47 Å². The van der Waals surface area contributed by atoms with E-state index in [-0.39, 0.29) is 6.04 Å². The summed E-state index contributed by atoms with van der Waals surface area (Å²) in [6.45, 7) is 0. The van der Waals surface area contributed by atoms with E-state index in [1.807, 2.05) is 24.3 Å². The molecule has 1 atom stereocenters. The van der Waals surface area contributed by atoms with Gasteiger partial charge in [-0.2, -0.15) is 0 Å². The molecule has 0 aliphatic heterocycles. The van der Waals surface area contributed by atoms with Crippen LogP contribution < -0.4 is 20.7 Å². The van der Waals surface area contributed by atoms with E-state index >= 15 is 0 Å². The highest BCUT2D eigenvalue weighted by atomic mass is 16.5. The first kappa shape index (κ1) is 13.3. The first-order chi connectivity index (χ1) is 9.30. The lowest BCUT2D eigenvalue weighted by Gasteiger charge is -2.17. The molecule has 0 radical (unpaired) electrons. The lowest BCUT2D eigenvalue weighted by Crippen LogP contribution is -2.30.